The first-order valence-electron chi connectivity index (χ1n) is 7.85. The number of hydrogen-bond donors (Lipinski definition) is 3. The molecule has 0 radical (unpaired) electrons. The quantitative estimate of drug-likeness (QED) is 0.579. The summed E-state index contributed by atoms with van der Waals surface area (Å²) < 4.78 is 2.96. The summed E-state index contributed by atoms with van der Waals surface area (Å²) in [6.07, 6.45) is 0. The highest BCUT2D eigenvalue weighted by molar-refractivity contribution is 8.00. The van der Waals surface area contributed by atoms with Gasteiger partial charge in [-0.3, -0.25) is 4.72 Å². The highest BCUT2D eigenvalue weighted by atomic mass is 32.2. The normalized spacial score (nSPS) is 10.5. The lowest BCUT2D eigenvalue weighted by molar-refractivity contribution is 0.0696. The zero-order valence-electron chi connectivity index (χ0n) is 14.2. The van der Waals surface area contributed by atoms with Crippen LogP contribution in [0.2, 0.25) is 0 Å². The molecule has 2 aromatic carbocycles. The van der Waals surface area contributed by atoms with E-state index in [2.05, 4.69) is 14.7 Å². The Bertz CT molecular complexity index is 956. The Labute approximate surface area is 155 Å². The summed E-state index contributed by atoms with van der Waals surface area (Å²) in [5.41, 5.74) is 3.87. The Balaban J connectivity index is 1.87. The predicted molar refractivity (Wildman–Crippen MR) is 101 cm³/mol. The van der Waals surface area contributed by atoms with Crippen LogP contribution >= 0.6 is 11.9 Å². The number of rotatable bonds is 5. The fraction of sp³-hybridized carbons (Fsp3) is 0.105. The Morgan fingerprint density at radius 3 is 2.42 bits per heavy atom. The number of aromatic nitrogens is 2. The maximum atomic E-state index is 11.0. The summed E-state index contributed by atoms with van der Waals surface area (Å²) in [4.78, 5) is 20.2. The molecule has 3 aromatic rings. The first-order valence-corrected chi connectivity index (χ1v) is 8.66. The SMILES string of the molecule is Cc1cccc(C)c1-c1cc(O)nc(NSc2cccc(C(=O)O)c2)n1. The molecule has 0 aliphatic rings. The average Bonchev–Trinajstić information content (AvgIpc) is 2.60. The summed E-state index contributed by atoms with van der Waals surface area (Å²) >= 11 is 1.18. The minimum atomic E-state index is -0.988. The predicted octanol–water partition coefficient (Wildman–Crippen LogP) is 4.28. The molecule has 26 heavy (non-hydrogen) atoms. The van der Waals surface area contributed by atoms with Crippen molar-refractivity contribution in [2.45, 2.75) is 18.7 Å². The van der Waals surface area contributed by atoms with Crippen molar-refractivity contribution in [3.8, 4) is 17.1 Å². The third-order valence-electron chi connectivity index (χ3n) is 3.79. The van der Waals surface area contributed by atoms with Gasteiger partial charge in [0.25, 0.3) is 0 Å². The molecule has 0 unspecified atom stereocenters. The van der Waals surface area contributed by atoms with Crippen LogP contribution in [0.1, 0.15) is 21.5 Å². The van der Waals surface area contributed by atoms with Gasteiger partial charge in [0.15, 0.2) is 0 Å². The molecule has 0 spiro atoms. The third-order valence-corrected chi connectivity index (χ3v) is 4.57. The molecule has 0 fully saturated rings. The van der Waals surface area contributed by atoms with Crippen LogP contribution in [0.5, 0.6) is 5.88 Å². The first kappa shape index (κ1) is 17.8. The Morgan fingerprint density at radius 2 is 1.73 bits per heavy atom. The molecule has 0 aliphatic carbocycles. The smallest absolute Gasteiger partial charge is 0.335 e. The molecule has 1 aromatic heterocycles. The van der Waals surface area contributed by atoms with Gasteiger partial charge in [0.1, 0.15) is 0 Å². The number of aromatic carboxylic acids is 1. The zero-order chi connectivity index (χ0) is 18.7. The van der Waals surface area contributed by atoms with E-state index in [9.17, 15) is 9.90 Å². The van der Waals surface area contributed by atoms with Crippen LogP contribution < -0.4 is 4.72 Å². The molecule has 3 N–H and O–H groups in total. The second-order valence-corrected chi connectivity index (χ2v) is 6.62. The van der Waals surface area contributed by atoms with E-state index in [0.717, 1.165) is 16.7 Å². The molecule has 0 saturated carbocycles. The topological polar surface area (TPSA) is 95.3 Å². The molecule has 6 nitrogen and oxygen atoms in total. The Hall–Kier alpha value is -3.06. The van der Waals surface area contributed by atoms with Crippen LogP contribution in [-0.4, -0.2) is 26.2 Å². The van der Waals surface area contributed by atoms with Gasteiger partial charge in [-0.15, -0.1) is 0 Å². The second kappa shape index (κ2) is 7.45. The lowest BCUT2D eigenvalue weighted by atomic mass is 10.00. The van der Waals surface area contributed by atoms with Crippen LogP contribution in [-0.2, 0) is 0 Å². The molecule has 0 bridgehead atoms. The highest BCUT2D eigenvalue weighted by Crippen LogP contribution is 2.29. The fourth-order valence-corrected chi connectivity index (χ4v) is 3.26. The van der Waals surface area contributed by atoms with Gasteiger partial charge in [-0.1, -0.05) is 24.3 Å². The summed E-state index contributed by atoms with van der Waals surface area (Å²) in [5.74, 6) is -0.883. The van der Waals surface area contributed by atoms with Gasteiger partial charge >= 0.3 is 5.97 Å². The lowest BCUT2D eigenvalue weighted by Gasteiger charge is -2.11. The minimum absolute atomic E-state index is 0.139. The number of benzene rings is 2. The van der Waals surface area contributed by atoms with Gasteiger partial charge in [0, 0.05) is 16.5 Å². The van der Waals surface area contributed by atoms with Gasteiger partial charge in [-0.2, -0.15) is 4.98 Å². The molecule has 132 valence electrons. The molecule has 7 heteroatoms. The number of aromatic hydroxyl groups is 1. The van der Waals surface area contributed by atoms with Crippen molar-refractivity contribution in [1.29, 1.82) is 0 Å². The van der Waals surface area contributed by atoms with E-state index < -0.39 is 5.97 Å². The van der Waals surface area contributed by atoms with Gasteiger partial charge in [0.2, 0.25) is 11.8 Å². The number of anilines is 1. The first-order chi connectivity index (χ1) is 12.4. The Morgan fingerprint density at radius 1 is 1.04 bits per heavy atom. The molecule has 0 saturated heterocycles. The van der Waals surface area contributed by atoms with Gasteiger partial charge in [0.05, 0.1) is 11.3 Å². The van der Waals surface area contributed by atoms with Crippen LogP contribution in [0.25, 0.3) is 11.3 Å². The van der Waals surface area contributed by atoms with Gasteiger partial charge in [-0.05, 0) is 55.1 Å². The molecular formula is C19H17N3O3S. The number of nitrogens with zero attached hydrogens (tertiary/aromatic N) is 2. The van der Waals surface area contributed by atoms with E-state index in [0.29, 0.717) is 10.6 Å². The average molecular weight is 367 g/mol. The molecule has 3 rings (SSSR count). The van der Waals surface area contributed by atoms with Crippen molar-refractivity contribution in [3.05, 3.63) is 65.2 Å². The summed E-state index contributed by atoms with van der Waals surface area (Å²) in [6.45, 7) is 3.97. The van der Waals surface area contributed by atoms with E-state index in [1.165, 1.54) is 24.1 Å². The van der Waals surface area contributed by atoms with Crippen LogP contribution in [0.4, 0.5) is 5.95 Å². The third kappa shape index (κ3) is 3.94. The number of carboxylic acids is 1. The van der Waals surface area contributed by atoms with Crippen molar-refractivity contribution < 1.29 is 15.0 Å². The van der Waals surface area contributed by atoms with Crippen molar-refractivity contribution >= 4 is 23.9 Å². The second-order valence-electron chi connectivity index (χ2n) is 5.74. The van der Waals surface area contributed by atoms with E-state index in [4.69, 9.17) is 5.11 Å². The van der Waals surface area contributed by atoms with Crippen molar-refractivity contribution in [2.75, 3.05) is 4.72 Å². The van der Waals surface area contributed by atoms with E-state index in [1.54, 1.807) is 18.2 Å². The zero-order valence-corrected chi connectivity index (χ0v) is 15.0. The standard InChI is InChI=1S/C19H17N3O3S/c1-11-5-3-6-12(2)17(11)15-10-16(23)21-19(20-15)22-26-14-8-4-7-13(9-14)18(24)25/h3-10H,1-2H3,(H,24,25)(H2,20,21,22,23). The van der Waals surface area contributed by atoms with Crippen LogP contribution in [0, 0.1) is 13.8 Å². The van der Waals surface area contributed by atoms with Crippen molar-refractivity contribution in [2.24, 2.45) is 0 Å². The highest BCUT2D eigenvalue weighted by Gasteiger charge is 2.11. The number of carbonyl (C=O) groups is 1. The van der Waals surface area contributed by atoms with E-state index in [1.807, 2.05) is 32.0 Å². The molecule has 1 heterocycles. The number of nitrogens with one attached hydrogen (secondary N) is 1. The van der Waals surface area contributed by atoms with Crippen LogP contribution in [0.15, 0.2) is 53.4 Å². The van der Waals surface area contributed by atoms with E-state index >= 15 is 0 Å². The molecule has 0 atom stereocenters. The van der Waals surface area contributed by atoms with Gasteiger partial charge < -0.3 is 10.2 Å². The van der Waals surface area contributed by atoms with E-state index in [-0.39, 0.29) is 17.4 Å². The summed E-state index contributed by atoms with van der Waals surface area (Å²) in [5, 5.41) is 19.0. The lowest BCUT2D eigenvalue weighted by Crippen LogP contribution is -1.99. The van der Waals surface area contributed by atoms with Crippen LogP contribution in [0.3, 0.4) is 0 Å². The largest absolute Gasteiger partial charge is 0.493 e. The minimum Gasteiger partial charge on any atom is -0.493 e. The van der Waals surface area contributed by atoms with Gasteiger partial charge in [-0.25, -0.2) is 9.78 Å². The number of carboxylic acid groups (broad SMARTS) is 1. The van der Waals surface area contributed by atoms with Crippen molar-refractivity contribution in [1.82, 2.24) is 9.97 Å². The number of hydrogen-bond acceptors (Lipinski definition) is 6. The molecule has 0 amide bonds. The monoisotopic (exact) mass is 367 g/mol. The summed E-state index contributed by atoms with van der Waals surface area (Å²) in [6, 6.07) is 14.0. The molecule has 0 aliphatic heterocycles. The number of aryl methyl sites for hydroxylation is 2. The maximum absolute atomic E-state index is 11.0. The maximum Gasteiger partial charge on any atom is 0.335 e. The van der Waals surface area contributed by atoms with Crippen molar-refractivity contribution in [3.63, 3.8) is 0 Å². The molecular weight excluding hydrogens is 350 g/mol. The summed E-state index contributed by atoms with van der Waals surface area (Å²) in [7, 11) is 0. The fourth-order valence-electron chi connectivity index (χ4n) is 2.62. The Kier molecular flexibility index (Phi) is 5.09.